The monoisotopic (exact) mass is 291 g/mol. The van der Waals surface area contributed by atoms with Gasteiger partial charge in [0.1, 0.15) is 11.6 Å². The van der Waals surface area contributed by atoms with Gasteiger partial charge in [-0.25, -0.2) is 9.59 Å². The highest BCUT2D eigenvalue weighted by Gasteiger charge is 2.23. The highest BCUT2D eigenvalue weighted by molar-refractivity contribution is 7.99. The fourth-order valence-electron chi connectivity index (χ4n) is 1.14. The molecule has 5 nitrogen and oxygen atoms in total. The van der Waals surface area contributed by atoms with Gasteiger partial charge >= 0.3 is 12.1 Å². The minimum absolute atomic E-state index is 0.349. The van der Waals surface area contributed by atoms with Crippen LogP contribution in [-0.2, 0) is 9.53 Å². The maximum atomic E-state index is 11.5. The van der Waals surface area contributed by atoms with E-state index in [-0.39, 0.29) is 0 Å². The predicted molar refractivity (Wildman–Crippen MR) is 77.6 cm³/mol. The second kappa shape index (κ2) is 8.30. The molecule has 6 heteroatoms. The van der Waals surface area contributed by atoms with Crippen LogP contribution in [0.25, 0.3) is 0 Å². The Morgan fingerprint density at radius 1 is 1.32 bits per heavy atom. The zero-order valence-corrected chi connectivity index (χ0v) is 13.2. The lowest BCUT2D eigenvalue weighted by molar-refractivity contribution is -0.138. The number of carbonyl (C=O) groups excluding carboxylic acids is 1. The van der Waals surface area contributed by atoms with Crippen LogP contribution in [0.15, 0.2) is 0 Å². The quantitative estimate of drug-likeness (QED) is 0.705. The molecule has 0 rings (SSSR count). The second-order valence-electron chi connectivity index (χ2n) is 5.79. The van der Waals surface area contributed by atoms with Gasteiger partial charge in [-0.05, 0) is 38.9 Å². The summed E-state index contributed by atoms with van der Waals surface area (Å²) in [7, 11) is 0. The molecule has 1 atom stereocenters. The lowest BCUT2D eigenvalue weighted by Gasteiger charge is -2.21. The largest absolute Gasteiger partial charge is 0.480 e. The molecule has 0 spiro atoms. The van der Waals surface area contributed by atoms with Gasteiger partial charge in [0.05, 0.1) is 0 Å². The Hall–Kier alpha value is -0.910. The highest BCUT2D eigenvalue weighted by Crippen LogP contribution is 2.11. The molecule has 0 radical (unpaired) electrons. The third-order valence-corrected chi connectivity index (χ3v) is 3.21. The van der Waals surface area contributed by atoms with E-state index < -0.39 is 23.7 Å². The van der Waals surface area contributed by atoms with Crippen molar-refractivity contribution in [1.29, 1.82) is 0 Å². The van der Waals surface area contributed by atoms with E-state index in [0.717, 1.165) is 12.2 Å². The van der Waals surface area contributed by atoms with E-state index in [9.17, 15) is 9.59 Å². The highest BCUT2D eigenvalue weighted by atomic mass is 32.2. The smallest absolute Gasteiger partial charge is 0.408 e. The number of thioether (sulfide) groups is 1. The second-order valence-corrected chi connectivity index (χ2v) is 6.94. The number of rotatable bonds is 7. The van der Waals surface area contributed by atoms with Crippen molar-refractivity contribution in [3.05, 3.63) is 0 Å². The molecule has 0 aliphatic heterocycles. The van der Waals surface area contributed by atoms with Crippen molar-refractivity contribution in [3.8, 4) is 0 Å². The lowest BCUT2D eigenvalue weighted by atomic mass is 10.2. The summed E-state index contributed by atoms with van der Waals surface area (Å²) in [4.78, 5) is 22.6. The SMILES string of the molecule is CC(C)CCSC[C@@H](NC(=O)OC(C)(C)C)C(=O)O. The number of hydrogen-bond acceptors (Lipinski definition) is 4. The molecule has 0 aromatic heterocycles. The molecule has 0 aromatic carbocycles. The van der Waals surface area contributed by atoms with Crippen LogP contribution in [0.4, 0.5) is 4.79 Å². The lowest BCUT2D eigenvalue weighted by Crippen LogP contribution is -2.45. The van der Waals surface area contributed by atoms with Crippen LogP contribution in [0.1, 0.15) is 41.0 Å². The Balaban J connectivity index is 4.12. The Kier molecular flexibility index (Phi) is 7.90. The van der Waals surface area contributed by atoms with E-state index in [1.807, 2.05) is 0 Å². The molecule has 0 aromatic rings. The topological polar surface area (TPSA) is 75.6 Å². The molecular formula is C13H25NO4S. The summed E-state index contributed by atoms with van der Waals surface area (Å²) in [5.74, 6) is 0.788. The molecule has 0 aliphatic carbocycles. The fourth-order valence-corrected chi connectivity index (χ4v) is 2.41. The Bertz CT molecular complexity index is 300. The van der Waals surface area contributed by atoms with Gasteiger partial charge in [0.2, 0.25) is 0 Å². The van der Waals surface area contributed by atoms with Gasteiger partial charge in [-0.15, -0.1) is 0 Å². The van der Waals surface area contributed by atoms with Crippen LogP contribution >= 0.6 is 11.8 Å². The number of hydrogen-bond donors (Lipinski definition) is 2. The van der Waals surface area contributed by atoms with Crippen LogP contribution in [0.3, 0.4) is 0 Å². The number of nitrogens with one attached hydrogen (secondary N) is 1. The Morgan fingerprint density at radius 3 is 2.32 bits per heavy atom. The van der Waals surface area contributed by atoms with Crippen molar-refractivity contribution < 1.29 is 19.4 Å². The summed E-state index contributed by atoms with van der Waals surface area (Å²) in [5, 5.41) is 11.4. The Morgan fingerprint density at radius 2 is 1.89 bits per heavy atom. The first-order valence-electron chi connectivity index (χ1n) is 6.42. The number of alkyl carbamates (subject to hydrolysis) is 1. The number of carbonyl (C=O) groups is 2. The summed E-state index contributed by atoms with van der Waals surface area (Å²) >= 11 is 1.53. The maximum Gasteiger partial charge on any atom is 0.408 e. The number of aliphatic carboxylic acids is 1. The van der Waals surface area contributed by atoms with Crippen molar-refractivity contribution >= 4 is 23.8 Å². The average Bonchev–Trinajstić information content (AvgIpc) is 2.19. The first-order valence-corrected chi connectivity index (χ1v) is 7.57. The van der Waals surface area contributed by atoms with Gasteiger partial charge in [0.15, 0.2) is 0 Å². The third-order valence-electron chi connectivity index (χ3n) is 2.11. The standard InChI is InChI=1S/C13H25NO4S/c1-9(2)6-7-19-8-10(11(15)16)14-12(17)18-13(3,4)5/h9-10H,6-8H2,1-5H3,(H,14,17)(H,15,16)/t10-/m1/s1. The van der Waals surface area contributed by atoms with Gasteiger partial charge in [-0.3, -0.25) is 0 Å². The fraction of sp³-hybridized carbons (Fsp3) is 0.846. The molecule has 1 amide bonds. The van der Waals surface area contributed by atoms with E-state index in [1.54, 1.807) is 20.8 Å². The van der Waals surface area contributed by atoms with Crippen LogP contribution in [0, 0.1) is 5.92 Å². The Labute approximate surface area is 119 Å². The van der Waals surface area contributed by atoms with Gasteiger partial charge in [-0.1, -0.05) is 13.8 Å². The molecule has 2 N–H and O–H groups in total. The van der Waals surface area contributed by atoms with Crippen molar-refractivity contribution in [2.24, 2.45) is 5.92 Å². The summed E-state index contributed by atoms with van der Waals surface area (Å²) in [6.07, 6.45) is 0.341. The zero-order chi connectivity index (χ0) is 15.1. The van der Waals surface area contributed by atoms with Gasteiger partial charge < -0.3 is 15.2 Å². The first-order chi connectivity index (χ1) is 8.61. The maximum absolute atomic E-state index is 11.5. The minimum Gasteiger partial charge on any atom is -0.480 e. The molecule has 19 heavy (non-hydrogen) atoms. The average molecular weight is 291 g/mol. The van der Waals surface area contributed by atoms with Crippen molar-refractivity contribution in [1.82, 2.24) is 5.32 Å². The summed E-state index contributed by atoms with van der Waals surface area (Å²) in [6.45, 7) is 9.45. The molecule has 0 aliphatic rings. The number of carboxylic acids is 1. The number of ether oxygens (including phenoxy) is 1. The van der Waals surface area contributed by atoms with Crippen LogP contribution in [0.2, 0.25) is 0 Å². The van der Waals surface area contributed by atoms with Gasteiger partial charge in [0, 0.05) is 5.75 Å². The molecule has 0 saturated heterocycles. The molecule has 0 unspecified atom stereocenters. The first kappa shape index (κ1) is 18.1. The zero-order valence-electron chi connectivity index (χ0n) is 12.4. The number of carboxylic acid groups (broad SMARTS) is 1. The van der Waals surface area contributed by atoms with E-state index in [1.165, 1.54) is 11.8 Å². The third kappa shape index (κ3) is 10.7. The van der Waals surface area contributed by atoms with Crippen molar-refractivity contribution in [3.63, 3.8) is 0 Å². The molecule has 112 valence electrons. The normalized spacial score (nSPS) is 13.2. The summed E-state index contributed by atoms with van der Waals surface area (Å²) < 4.78 is 5.04. The van der Waals surface area contributed by atoms with Crippen molar-refractivity contribution in [2.75, 3.05) is 11.5 Å². The molecule has 0 bridgehead atoms. The molecule has 0 saturated carbocycles. The van der Waals surface area contributed by atoms with E-state index in [0.29, 0.717) is 11.7 Å². The van der Waals surface area contributed by atoms with Crippen molar-refractivity contribution in [2.45, 2.75) is 52.7 Å². The summed E-state index contributed by atoms with van der Waals surface area (Å²) in [5.41, 5.74) is -0.627. The minimum atomic E-state index is -1.04. The number of amides is 1. The summed E-state index contributed by atoms with van der Waals surface area (Å²) in [6, 6.07) is -0.910. The van der Waals surface area contributed by atoms with E-state index in [2.05, 4.69) is 19.2 Å². The van der Waals surface area contributed by atoms with Gasteiger partial charge in [-0.2, -0.15) is 11.8 Å². The predicted octanol–water partition coefficient (Wildman–Crippen LogP) is 2.74. The molecule has 0 fully saturated rings. The van der Waals surface area contributed by atoms with Crippen LogP contribution in [0.5, 0.6) is 0 Å². The van der Waals surface area contributed by atoms with Crippen LogP contribution in [-0.4, -0.2) is 40.3 Å². The molecule has 0 heterocycles. The van der Waals surface area contributed by atoms with E-state index in [4.69, 9.17) is 9.84 Å². The van der Waals surface area contributed by atoms with E-state index >= 15 is 0 Å². The van der Waals surface area contributed by atoms with Gasteiger partial charge in [0.25, 0.3) is 0 Å². The van der Waals surface area contributed by atoms with Crippen LogP contribution < -0.4 is 5.32 Å². The molecular weight excluding hydrogens is 266 g/mol.